The molecule has 1 aliphatic heterocycles. The van der Waals surface area contributed by atoms with Crippen LogP contribution in [0.3, 0.4) is 0 Å². The Morgan fingerprint density at radius 1 is 1.22 bits per heavy atom. The molecule has 1 unspecified atom stereocenters. The summed E-state index contributed by atoms with van der Waals surface area (Å²) in [5.41, 5.74) is 1.84. The van der Waals surface area contributed by atoms with Gasteiger partial charge < -0.3 is 14.4 Å². The lowest BCUT2D eigenvalue weighted by Gasteiger charge is -2.25. The number of aromatic nitrogens is 4. The Bertz CT molecular complexity index is 1000. The van der Waals surface area contributed by atoms with Gasteiger partial charge in [0, 0.05) is 30.1 Å². The minimum absolute atomic E-state index is 0.0842. The number of rotatable bonds is 4. The first-order valence-electron chi connectivity index (χ1n) is 8.83. The second kappa shape index (κ2) is 6.86. The molecular weight excluding hydrogens is 346 g/mol. The number of hydrogen-bond donors (Lipinski definition) is 0. The number of fused-ring (bicyclic) bond motifs is 1. The van der Waals surface area contributed by atoms with Crippen LogP contribution < -0.4 is 9.47 Å². The second-order valence-corrected chi connectivity index (χ2v) is 6.50. The normalized spacial score (nSPS) is 16.7. The highest BCUT2D eigenvalue weighted by Gasteiger charge is 2.34. The van der Waals surface area contributed by atoms with Crippen LogP contribution >= 0.6 is 0 Å². The minimum atomic E-state index is -0.194. The topological polar surface area (TPSA) is 81.9 Å². The summed E-state index contributed by atoms with van der Waals surface area (Å²) in [5.74, 6) is 1.82. The van der Waals surface area contributed by atoms with Gasteiger partial charge in [0.25, 0.3) is 11.7 Å². The number of carbonyl (C=O) groups is 1. The molecule has 8 heteroatoms. The van der Waals surface area contributed by atoms with E-state index in [-0.39, 0.29) is 17.8 Å². The van der Waals surface area contributed by atoms with Gasteiger partial charge in [0.2, 0.25) is 5.82 Å². The van der Waals surface area contributed by atoms with Crippen LogP contribution in [0.1, 0.15) is 40.8 Å². The van der Waals surface area contributed by atoms with E-state index in [2.05, 4.69) is 15.1 Å². The summed E-state index contributed by atoms with van der Waals surface area (Å²) in [4.78, 5) is 23.4. The van der Waals surface area contributed by atoms with Gasteiger partial charge in [0.1, 0.15) is 11.5 Å². The number of carbonyl (C=O) groups excluding carboxylic acids is 1. The molecule has 2 aromatic heterocycles. The standard InChI is InChI=1S/C19H21N5O3/c1-12-8-9-20-19-21-17(22-24(12)19)18(25)23-10-4-5-15(23)14-7-6-13(26-2)11-16(14)27-3/h6-9,11,15H,4-5,10H2,1-3H3. The van der Waals surface area contributed by atoms with Crippen molar-refractivity contribution in [1.82, 2.24) is 24.5 Å². The van der Waals surface area contributed by atoms with Crippen molar-refractivity contribution in [2.45, 2.75) is 25.8 Å². The first kappa shape index (κ1) is 17.3. The van der Waals surface area contributed by atoms with Crippen LogP contribution in [0.5, 0.6) is 11.5 Å². The molecule has 1 fully saturated rings. The van der Waals surface area contributed by atoms with Crippen LogP contribution in [0, 0.1) is 6.92 Å². The fraction of sp³-hybridized carbons (Fsp3) is 0.368. The Morgan fingerprint density at radius 2 is 2.07 bits per heavy atom. The number of benzene rings is 1. The van der Waals surface area contributed by atoms with Crippen LogP contribution in [0.15, 0.2) is 30.5 Å². The van der Waals surface area contributed by atoms with E-state index in [4.69, 9.17) is 9.47 Å². The molecule has 0 spiro atoms. The molecule has 0 radical (unpaired) electrons. The van der Waals surface area contributed by atoms with E-state index >= 15 is 0 Å². The molecule has 0 N–H and O–H groups in total. The van der Waals surface area contributed by atoms with E-state index in [9.17, 15) is 4.79 Å². The Balaban J connectivity index is 1.68. The van der Waals surface area contributed by atoms with Crippen molar-refractivity contribution in [3.05, 3.63) is 47.5 Å². The van der Waals surface area contributed by atoms with Gasteiger partial charge in [0.05, 0.1) is 20.3 Å². The molecule has 1 aromatic carbocycles. The fourth-order valence-corrected chi connectivity index (χ4v) is 3.55. The maximum absolute atomic E-state index is 13.1. The van der Waals surface area contributed by atoms with Gasteiger partial charge >= 0.3 is 0 Å². The zero-order chi connectivity index (χ0) is 19.0. The molecule has 1 aliphatic rings. The number of methoxy groups -OCH3 is 2. The van der Waals surface area contributed by atoms with Crippen LogP contribution in [-0.2, 0) is 0 Å². The maximum atomic E-state index is 13.1. The molecule has 4 rings (SSSR count). The molecule has 3 aromatic rings. The summed E-state index contributed by atoms with van der Waals surface area (Å²) in [7, 11) is 3.24. The van der Waals surface area contributed by atoms with Gasteiger partial charge in [-0.1, -0.05) is 0 Å². The lowest BCUT2D eigenvalue weighted by molar-refractivity contribution is 0.0722. The third-order valence-electron chi connectivity index (χ3n) is 4.93. The van der Waals surface area contributed by atoms with Gasteiger partial charge in [-0.25, -0.2) is 9.50 Å². The molecule has 0 saturated carbocycles. The minimum Gasteiger partial charge on any atom is -0.497 e. The Morgan fingerprint density at radius 3 is 2.81 bits per heavy atom. The molecular formula is C19H21N5O3. The number of nitrogens with zero attached hydrogens (tertiary/aromatic N) is 5. The molecule has 27 heavy (non-hydrogen) atoms. The monoisotopic (exact) mass is 367 g/mol. The highest BCUT2D eigenvalue weighted by atomic mass is 16.5. The fourth-order valence-electron chi connectivity index (χ4n) is 3.55. The van der Waals surface area contributed by atoms with Crippen molar-refractivity contribution in [2.75, 3.05) is 20.8 Å². The quantitative estimate of drug-likeness (QED) is 0.704. The van der Waals surface area contributed by atoms with Crippen LogP contribution in [0.2, 0.25) is 0 Å². The lowest BCUT2D eigenvalue weighted by Crippen LogP contribution is -2.31. The Labute approximate surface area is 156 Å². The van der Waals surface area contributed by atoms with Gasteiger partial charge in [0.15, 0.2) is 0 Å². The molecule has 1 saturated heterocycles. The SMILES string of the molecule is COc1ccc(C2CCCN2C(=O)c2nc3nccc(C)n3n2)c(OC)c1. The Hall–Kier alpha value is -3.16. The predicted octanol–water partition coefficient (Wildman–Crippen LogP) is 2.43. The van der Waals surface area contributed by atoms with Crippen LogP contribution in [-0.4, -0.2) is 51.2 Å². The third kappa shape index (κ3) is 2.97. The predicted molar refractivity (Wildman–Crippen MR) is 98.1 cm³/mol. The maximum Gasteiger partial charge on any atom is 0.294 e. The molecule has 8 nitrogen and oxygen atoms in total. The summed E-state index contributed by atoms with van der Waals surface area (Å²) in [6.07, 6.45) is 3.43. The van der Waals surface area contributed by atoms with Gasteiger partial charge in [-0.05, 0) is 38.0 Å². The van der Waals surface area contributed by atoms with Crippen molar-refractivity contribution in [1.29, 1.82) is 0 Å². The average molecular weight is 367 g/mol. The molecule has 1 atom stereocenters. The molecule has 140 valence electrons. The molecule has 0 aliphatic carbocycles. The number of hydrogen-bond acceptors (Lipinski definition) is 6. The first-order chi connectivity index (χ1) is 13.1. The van der Waals surface area contributed by atoms with E-state index in [1.54, 1.807) is 24.9 Å². The summed E-state index contributed by atoms with van der Waals surface area (Å²) >= 11 is 0. The van der Waals surface area contributed by atoms with Crippen LogP contribution in [0.4, 0.5) is 0 Å². The van der Waals surface area contributed by atoms with Crippen molar-refractivity contribution in [3.8, 4) is 11.5 Å². The summed E-state index contributed by atoms with van der Waals surface area (Å²) in [5, 5.41) is 4.36. The zero-order valence-corrected chi connectivity index (χ0v) is 15.5. The largest absolute Gasteiger partial charge is 0.497 e. The van der Waals surface area contributed by atoms with Crippen molar-refractivity contribution < 1.29 is 14.3 Å². The van der Waals surface area contributed by atoms with Gasteiger partial charge in [-0.15, -0.1) is 5.10 Å². The van der Waals surface area contributed by atoms with E-state index in [1.165, 1.54) is 0 Å². The number of likely N-dealkylation sites (tertiary alicyclic amines) is 1. The van der Waals surface area contributed by atoms with Crippen molar-refractivity contribution in [2.24, 2.45) is 0 Å². The Kier molecular flexibility index (Phi) is 4.39. The van der Waals surface area contributed by atoms with Gasteiger partial charge in [-0.3, -0.25) is 4.79 Å². The summed E-state index contributed by atoms with van der Waals surface area (Å²) < 4.78 is 12.4. The second-order valence-electron chi connectivity index (χ2n) is 6.50. The smallest absolute Gasteiger partial charge is 0.294 e. The first-order valence-corrected chi connectivity index (χ1v) is 8.83. The lowest BCUT2D eigenvalue weighted by atomic mass is 10.0. The number of ether oxygens (including phenoxy) is 2. The summed E-state index contributed by atoms with van der Waals surface area (Å²) in [6.45, 7) is 2.55. The molecule has 1 amide bonds. The van der Waals surface area contributed by atoms with Crippen molar-refractivity contribution in [3.63, 3.8) is 0 Å². The number of aryl methyl sites for hydroxylation is 1. The van der Waals surface area contributed by atoms with Crippen molar-refractivity contribution >= 4 is 11.7 Å². The van der Waals surface area contributed by atoms with E-state index in [0.29, 0.717) is 18.1 Å². The molecule has 0 bridgehead atoms. The van der Waals surface area contributed by atoms with Crippen LogP contribution in [0.25, 0.3) is 5.78 Å². The van der Waals surface area contributed by atoms with E-state index in [0.717, 1.165) is 29.8 Å². The average Bonchev–Trinajstić information content (AvgIpc) is 3.34. The zero-order valence-electron chi connectivity index (χ0n) is 15.5. The van der Waals surface area contributed by atoms with E-state index < -0.39 is 0 Å². The molecule has 3 heterocycles. The number of amides is 1. The highest BCUT2D eigenvalue weighted by molar-refractivity contribution is 5.91. The summed E-state index contributed by atoms with van der Waals surface area (Å²) in [6, 6.07) is 7.43. The van der Waals surface area contributed by atoms with Gasteiger partial charge in [-0.2, -0.15) is 4.98 Å². The third-order valence-corrected chi connectivity index (χ3v) is 4.93. The van der Waals surface area contributed by atoms with E-state index in [1.807, 2.05) is 36.1 Å². The highest BCUT2D eigenvalue weighted by Crippen LogP contribution is 2.39.